The number of fused-ring (bicyclic) bond motifs is 4. The van der Waals surface area contributed by atoms with Crippen molar-refractivity contribution < 1.29 is 5.11 Å². The Morgan fingerprint density at radius 3 is 1.88 bits per heavy atom. The third kappa shape index (κ3) is 3.11. The average Bonchev–Trinajstić information content (AvgIpc) is 3.19. The normalized spacial score (nSPS) is 15.5. The molecule has 5 aromatic carbocycles. The van der Waals surface area contributed by atoms with Gasteiger partial charge in [-0.15, -0.1) is 0 Å². The second-order valence-electron chi connectivity index (χ2n) is 9.15. The number of hydrogen-bond acceptors (Lipinski definition) is 2. The number of aliphatic hydroxyl groups is 1. The molecule has 2 N–H and O–H groups in total. The van der Waals surface area contributed by atoms with E-state index in [1.54, 1.807) is 0 Å². The topological polar surface area (TPSA) is 32.3 Å². The van der Waals surface area contributed by atoms with Crippen LogP contribution in [0.4, 0.5) is 0 Å². The summed E-state index contributed by atoms with van der Waals surface area (Å²) >= 11 is 0. The van der Waals surface area contributed by atoms with Gasteiger partial charge >= 0.3 is 0 Å². The molecule has 0 saturated heterocycles. The van der Waals surface area contributed by atoms with E-state index < -0.39 is 11.6 Å². The third-order valence-corrected chi connectivity index (χ3v) is 7.22. The summed E-state index contributed by atoms with van der Waals surface area (Å²) in [5, 5.41) is 17.8. The van der Waals surface area contributed by atoms with Gasteiger partial charge in [-0.1, -0.05) is 121 Å². The highest BCUT2D eigenvalue weighted by molar-refractivity contribution is 5.86. The van der Waals surface area contributed by atoms with Crippen LogP contribution in [0.15, 0.2) is 121 Å². The minimum Gasteiger partial charge on any atom is -0.387 e. The Labute approximate surface area is 200 Å². The third-order valence-electron chi connectivity index (χ3n) is 7.22. The zero-order valence-corrected chi connectivity index (χ0v) is 19.1. The molecule has 0 bridgehead atoms. The minimum absolute atomic E-state index is 0.217. The highest BCUT2D eigenvalue weighted by Crippen LogP contribution is 2.51. The summed E-state index contributed by atoms with van der Waals surface area (Å²) in [6.45, 7) is 2.08. The molecule has 0 aliphatic heterocycles. The van der Waals surface area contributed by atoms with Crippen molar-refractivity contribution in [3.63, 3.8) is 0 Å². The molecule has 1 aliphatic carbocycles. The van der Waals surface area contributed by atoms with Crippen LogP contribution in [0.3, 0.4) is 0 Å². The van der Waals surface area contributed by atoms with Gasteiger partial charge in [0.2, 0.25) is 0 Å². The van der Waals surface area contributed by atoms with Crippen LogP contribution in [0.1, 0.15) is 35.3 Å². The van der Waals surface area contributed by atoms with Crippen LogP contribution in [-0.2, 0) is 5.54 Å². The number of nitrogens with one attached hydrogen (secondary N) is 1. The first kappa shape index (κ1) is 20.9. The molecule has 0 aromatic heterocycles. The summed E-state index contributed by atoms with van der Waals surface area (Å²) in [5.74, 6) is 0. The van der Waals surface area contributed by atoms with Gasteiger partial charge in [0.1, 0.15) is 0 Å². The first-order valence-corrected chi connectivity index (χ1v) is 11.9. The van der Waals surface area contributed by atoms with Crippen LogP contribution in [-0.4, -0.2) is 11.1 Å². The number of aliphatic hydroxyl groups excluding tert-OH is 1. The first-order valence-electron chi connectivity index (χ1n) is 11.9. The Morgan fingerprint density at radius 1 is 0.618 bits per heavy atom. The van der Waals surface area contributed by atoms with Crippen molar-refractivity contribution in [1.82, 2.24) is 5.32 Å². The van der Waals surface area contributed by atoms with Gasteiger partial charge in [-0.25, -0.2) is 0 Å². The SMILES string of the molecule is C[C@H](NC1(c2ccccc2)c2ccccc2-c2ccccc21)[C@H](O)c1cccc2ccccc12. The Bertz CT molecular complexity index is 1420. The summed E-state index contributed by atoms with van der Waals surface area (Å²) < 4.78 is 0. The molecule has 0 spiro atoms. The van der Waals surface area contributed by atoms with E-state index in [4.69, 9.17) is 0 Å². The molecular weight excluding hydrogens is 414 g/mol. The lowest BCUT2D eigenvalue weighted by molar-refractivity contribution is 0.126. The average molecular weight is 442 g/mol. The number of hydrogen-bond donors (Lipinski definition) is 2. The molecule has 0 saturated carbocycles. The van der Waals surface area contributed by atoms with Gasteiger partial charge in [0, 0.05) is 6.04 Å². The van der Waals surface area contributed by atoms with Crippen LogP contribution >= 0.6 is 0 Å². The van der Waals surface area contributed by atoms with Gasteiger partial charge in [0.05, 0.1) is 11.6 Å². The fraction of sp³-hybridized carbons (Fsp3) is 0.125. The molecule has 0 heterocycles. The largest absolute Gasteiger partial charge is 0.387 e. The van der Waals surface area contributed by atoms with Crippen molar-refractivity contribution in [2.45, 2.75) is 24.6 Å². The van der Waals surface area contributed by atoms with E-state index in [1.807, 2.05) is 24.3 Å². The van der Waals surface area contributed by atoms with Crippen molar-refractivity contribution >= 4 is 10.8 Å². The summed E-state index contributed by atoms with van der Waals surface area (Å²) in [4.78, 5) is 0. The summed E-state index contributed by atoms with van der Waals surface area (Å²) in [7, 11) is 0. The van der Waals surface area contributed by atoms with Crippen molar-refractivity contribution in [2.75, 3.05) is 0 Å². The zero-order valence-electron chi connectivity index (χ0n) is 19.1. The maximum absolute atomic E-state index is 11.6. The Kier molecular flexibility index (Phi) is 5.06. The molecule has 2 atom stereocenters. The van der Waals surface area contributed by atoms with Crippen molar-refractivity contribution in [3.05, 3.63) is 144 Å². The maximum Gasteiger partial charge on any atom is 0.0963 e. The van der Waals surface area contributed by atoms with Gasteiger partial charge < -0.3 is 5.11 Å². The highest BCUT2D eigenvalue weighted by Gasteiger charge is 2.45. The second kappa shape index (κ2) is 8.25. The molecule has 0 fully saturated rings. The monoisotopic (exact) mass is 441 g/mol. The highest BCUT2D eigenvalue weighted by atomic mass is 16.3. The van der Waals surface area contributed by atoms with Gasteiger partial charge in [-0.2, -0.15) is 0 Å². The smallest absolute Gasteiger partial charge is 0.0963 e. The summed E-state index contributed by atoms with van der Waals surface area (Å²) in [6.07, 6.45) is -0.674. The predicted octanol–water partition coefficient (Wildman–Crippen LogP) is 6.82. The molecule has 166 valence electrons. The van der Waals surface area contributed by atoms with Crippen molar-refractivity contribution in [1.29, 1.82) is 0 Å². The Morgan fingerprint density at radius 2 is 1.18 bits per heavy atom. The summed E-state index contributed by atoms with van der Waals surface area (Å²) in [5.41, 5.74) is 6.48. The molecule has 5 aromatic rings. The molecule has 2 nitrogen and oxygen atoms in total. The molecule has 6 rings (SSSR count). The van der Waals surface area contributed by atoms with Crippen LogP contribution in [0.25, 0.3) is 21.9 Å². The maximum atomic E-state index is 11.6. The van der Waals surface area contributed by atoms with E-state index in [2.05, 4.69) is 109 Å². The van der Waals surface area contributed by atoms with Gasteiger partial charge in [-0.3, -0.25) is 5.32 Å². The van der Waals surface area contributed by atoms with E-state index in [0.717, 1.165) is 16.3 Å². The van der Waals surface area contributed by atoms with E-state index in [0.29, 0.717) is 0 Å². The number of rotatable bonds is 5. The predicted molar refractivity (Wildman–Crippen MR) is 140 cm³/mol. The quantitative estimate of drug-likeness (QED) is 0.313. The van der Waals surface area contributed by atoms with Gasteiger partial charge in [0.15, 0.2) is 0 Å². The van der Waals surface area contributed by atoms with E-state index in [1.165, 1.54) is 27.8 Å². The van der Waals surface area contributed by atoms with Gasteiger partial charge in [-0.05, 0) is 51.1 Å². The summed E-state index contributed by atoms with van der Waals surface area (Å²) in [6, 6.07) is 42.1. The standard InChI is InChI=1S/C32H27NO/c1-22(31(34)28-19-11-13-23-12-5-6-16-25(23)28)33-32(24-14-3-2-4-15-24)29-20-9-7-17-26(29)27-18-8-10-21-30(27)32/h2-22,31,33-34H,1H3/t22-,31-/m0/s1. The van der Waals surface area contributed by atoms with Crippen molar-refractivity contribution in [2.24, 2.45) is 0 Å². The molecule has 2 heteroatoms. The lowest BCUT2D eigenvalue weighted by Gasteiger charge is -2.38. The lowest BCUT2D eigenvalue weighted by atomic mass is 9.79. The van der Waals surface area contributed by atoms with E-state index in [9.17, 15) is 5.11 Å². The second-order valence-corrected chi connectivity index (χ2v) is 9.15. The molecule has 0 radical (unpaired) electrons. The van der Waals surface area contributed by atoms with Crippen LogP contribution in [0, 0.1) is 0 Å². The van der Waals surface area contributed by atoms with Gasteiger partial charge in [0.25, 0.3) is 0 Å². The Hall–Kier alpha value is -3.72. The minimum atomic E-state index is -0.674. The fourth-order valence-electron chi connectivity index (χ4n) is 5.67. The number of benzene rings is 5. The van der Waals surface area contributed by atoms with Crippen molar-refractivity contribution in [3.8, 4) is 11.1 Å². The fourth-order valence-corrected chi connectivity index (χ4v) is 5.67. The zero-order chi connectivity index (χ0) is 23.1. The lowest BCUT2D eigenvalue weighted by Crippen LogP contribution is -2.49. The molecular formula is C32H27NO. The van der Waals surface area contributed by atoms with Crippen LogP contribution < -0.4 is 5.32 Å². The molecule has 0 amide bonds. The molecule has 1 aliphatic rings. The molecule has 34 heavy (non-hydrogen) atoms. The Balaban J connectivity index is 1.51. The molecule has 0 unspecified atom stereocenters. The van der Waals surface area contributed by atoms with E-state index >= 15 is 0 Å². The van der Waals surface area contributed by atoms with Crippen LogP contribution in [0.2, 0.25) is 0 Å². The van der Waals surface area contributed by atoms with E-state index in [-0.39, 0.29) is 6.04 Å². The first-order chi connectivity index (χ1) is 16.7. The van der Waals surface area contributed by atoms with Crippen LogP contribution in [0.5, 0.6) is 0 Å².